The Morgan fingerprint density at radius 2 is 0.789 bits per heavy atom. The van der Waals surface area contributed by atoms with E-state index in [9.17, 15) is 0 Å². The Morgan fingerprint density at radius 1 is 0.395 bits per heavy atom. The van der Waals surface area contributed by atoms with E-state index >= 15 is 0 Å². The highest BCUT2D eigenvalue weighted by Crippen LogP contribution is 2.42. The van der Waals surface area contributed by atoms with Gasteiger partial charge in [0.1, 0.15) is 10.0 Å². The maximum Gasteiger partial charge on any atom is 0.123 e. The van der Waals surface area contributed by atoms with Crippen LogP contribution in [0.5, 0.6) is 0 Å². The van der Waals surface area contributed by atoms with Gasteiger partial charge in [-0.05, 0) is 54.6 Å². The lowest BCUT2D eigenvalue weighted by Crippen LogP contribution is -1.89. The summed E-state index contributed by atoms with van der Waals surface area (Å²) in [6, 6.07) is 35.8. The molecular formula is C34H20N2S2. The molecule has 0 radical (unpaired) electrons. The summed E-state index contributed by atoms with van der Waals surface area (Å²) in [4.78, 5) is 8.92. The average Bonchev–Trinajstić information content (AvgIpc) is 3.72. The van der Waals surface area contributed by atoms with E-state index in [1.165, 1.54) is 54.6 Å². The first-order valence-electron chi connectivity index (χ1n) is 12.5. The summed E-state index contributed by atoms with van der Waals surface area (Å²) in [6.45, 7) is 0. The zero-order chi connectivity index (χ0) is 25.1. The topological polar surface area (TPSA) is 25.8 Å². The Hall–Kier alpha value is -4.38. The molecule has 0 fully saturated rings. The van der Waals surface area contributed by atoms with Gasteiger partial charge < -0.3 is 0 Å². The van der Waals surface area contributed by atoms with Gasteiger partial charge in [-0.25, -0.2) is 9.97 Å². The van der Waals surface area contributed by atoms with E-state index in [1.807, 2.05) is 23.2 Å². The van der Waals surface area contributed by atoms with Crippen LogP contribution in [0.25, 0.3) is 75.7 Å². The highest BCUT2D eigenvalue weighted by molar-refractivity contribution is 7.13. The van der Waals surface area contributed by atoms with Crippen LogP contribution in [0.2, 0.25) is 0 Å². The van der Waals surface area contributed by atoms with Crippen molar-refractivity contribution in [2.45, 2.75) is 0 Å². The third kappa shape index (κ3) is 3.38. The molecule has 0 amide bonds. The van der Waals surface area contributed by atoms with Gasteiger partial charge >= 0.3 is 0 Å². The lowest BCUT2D eigenvalue weighted by atomic mass is 9.87. The Bertz CT molecular complexity index is 1890. The predicted octanol–water partition coefficient (Wildman–Crippen LogP) is 10.2. The SMILES string of the molecule is c1csc(-c2ccc(-c3ccc4ccc5c(-c6ccc(-c7nccs7)cc6)ccc6ccc3c4c65)cc2)n1. The van der Waals surface area contributed by atoms with Crippen molar-refractivity contribution in [2.24, 2.45) is 0 Å². The minimum Gasteiger partial charge on any atom is -0.245 e. The van der Waals surface area contributed by atoms with Crippen molar-refractivity contribution in [1.29, 1.82) is 0 Å². The molecule has 0 unspecified atom stereocenters. The molecule has 4 heteroatoms. The average molecular weight is 521 g/mol. The van der Waals surface area contributed by atoms with E-state index in [4.69, 9.17) is 0 Å². The first kappa shape index (κ1) is 21.7. The molecule has 38 heavy (non-hydrogen) atoms. The molecule has 8 rings (SSSR count). The van der Waals surface area contributed by atoms with Gasteiger partial charge in [0.2, 0.25) is 0 Å². The molecule has 0 N–H and O–H groups in total. The fourth-order valence-electron chi connectivity index (χ4n) is 5.62. The molecule has 0 bridgehead atoms. The fraction of sp³-hybridized carbons (Fsp3) is 0. The molecule has 0 saturated carbocycles. The van der Waals surface area contributed by atoms with Gasteiger partial charge in [-0.1, -0.05) is 97.1 Å². The standard InChI is InChI=1S/C34H20N2S2/c1-5-25(33-35-17-19-37-33)6-2-21(1)27-13-9-23-12-16-30-28(14-10-24-11-15-29(27)31(23)32(24)30)22-3-7-26(8-4-22)34-36-18-20-38-34/h1-20H. The Labute approximate surface area is 227 Å². The lowest BCUT2D eigenvalue weighted by molar-refractivity contribution is 1.41. The van der Waals surface area contributed by atoms with E-state index < -0.39 is 0 Å². The largest absolute Gasteiger partial charge is 0.245 e. The van der Waals surface area contributed by atoms with Gasteiger partial charge in [-0.15, -0.1) is 22.7 Å². The van der Waals surface area contributed by atoms with Crippen molar-refractivity contribution in [2.75, 3.05) is 0 Å². The Morgan fingerprint density at radius 3 is 1.18 bits per heavy atom. The molecule has 0 saturated heterocycles. The molecule has 0 atom stereocenters. The highest BCUT2D eigenvalue weighted by atomic mass is 32.1. The van der Waals surface area contributed by atoms with E-state index in [-0.39, 0.29) is 0 Å². The summed E-state index contributed by atoms with van der Waals surface area (Å²) >= 11 is 3.34. The van der Waals surface area contributed by atoms with Crippen LogP contribution in [-0.4, -0.2) is 9.97 Å². The van der Waals surface area contributed by atoms with Gasteiger partial charge in [0.25, 0.3) is 0 Å². The van der Waals surface area contributed by atoms with Crippen molar-refractivity contribution < 1.29 is 0 Å². The number of aromatic nitrogens is 2. The minimum absolute atomic E-state index is 1.05. The van der Waals surface area contributed by atoms with Crippen molar-refractivity contribution in [1.82, 2.24) is 9.97 Å². The van der Waals surface area contributed by atoms with Crippen LogP contribution in [0.3, 0.4) is 0 Å². The molecule has 2 nitrogen and oxygen atoms in total. The van der Waals surface area contributed by atoms with Crippen LogP contribution >= 0.6 is 22.7 Å². The Balaban J connectivity index is 1.29. The maximum atomic E-state index is 4.46. The lowest BCUT2D eigenvalue weighted by Gasteiger charge is -2.16. The van der Waals surface area contributed by atoms with Gasteiger partial charge in [0.05, 0.1) is 0 Å². The van der Waals surface area contributed by atoms with Crippen molar-refractivity contribution >= 4 is 55.0 Å². The van der Waals surface area contributed by atoms with E-state index in [0.717, 1.165) is 21.1 Å². The van der Waals surface area contributed by atoms with E-state index in [0.29, 0.717) is 0 Å². The summed E-state index contributed by atoms with van der Waals surface area (Å²) in [6.07, 6.45) is 3.72. The predicted molar refractivity (Wildman–Crippen MR) is 163 cm³/mol. The molecule has 0 aliphatic rings. The van der Waals surface area contributed by atoms with Crippen molar-refractivity contribution in [3.8, 4) is 43.4 Å². The van der Waals surface area contributed by atoms with Gasteiger partial charge in [0.15, 0.2) is 0 Å². The molecule has 0 aliphatic heterocycles. The third-order valence-electron chi connectivity index (χ3n) is 7.41. The summed E-state index contributed by atoms with van der Waals surface area (Å²) in [5.41, 5.74) is 7.29. The van der Waals surface area contributed by atoms with E-state index in [1.54, 1.807) is 22.7 Å². The fourth-order valence-corrected chi connectivity index (χ4v) is 6.91. The van der Waals surface area contributed by atoms with Gasteiger partial charge in [-0.2, -0.15) is 0 Å². The highest BCUT2D eigenvalue weighted by Gasteiger charge is 2.15. The second-order valence-electron chi connectivity index (χ2n) is 9.48. The first-order chi connectivity index (χ1) is 18.8. The second kappa shape index (κ2) is 8.59. The normalized spacial score (nSPS) is 11.7. The van der Waals surface area contributed by atoms with Crippen LogP contribution in [0, 0.1) is 0 Å². The van der Waals surface area contributed by atoms with Crippen molar-refractivity contribution in [3.63, 3.8) is 0 Å². The van der Waals surface area contributed by atoms with Crippen LogP contribution in [0.1, 0.15) is 0 Å². The smallest absolute Gasteiger partial charge is 0.123 e. The second-order valence-corrected chi connectivity index (χ2v) is 11.3. The molecule has 0 spiro atoms. The van der Waals surface area contributed by atoms with Gasteiger partial charge in [-0.3, -0.25) is 0 Å². The minimum atomic E-state index is 1.05. The van der Waals surface area contributed by atoms with Crippen LogP contribution < -0.4 is 0 Å². The van der Waals surface area contributed by atoms with Crippen LogP contribution in [0.4, 0.5) is 0 Å². The number of benzene rings is 6. The number of hydrogen-bond donors (Lipinski definition) is 0. The van der Waals surface area contributed by atoms with Crippen LogP contribution in [0.15, 0.2) is 120 Å². The molecule has 8 aromatic rings. The first-order valence-corrected chi connectivity index (χ1v) is 14.3. The number of rotatable bonds is 4. The monoisotopic (exact) mass is 520 g/mol. The Kier molecular flexibility index (Phi) is 4.90. The summed E-state index contributed by atoms with van der Waals surface area (Å²) in [5, 5.41) is 14.0. The molecule has 178 valence electrons. The van der Waals surface area contributed by atoms with Gasteiger partial charge in [0, 0.05) is 34.3 Å². The molecule has 0 aliphatic carbocycles. The quantitative estimate of drug-likeness (QED) is 0.216. The molecular weight excluding hydrogens is 501 g/mol. The zero-order valence-electron chi connectivity index (χ0n) is 20.3. The molecule has 2 heterocycles. The zero-order valence-corrected chi connectivity index (χ0v) is 21.9. The number of nitrogens with zero attached hydrogens (tertiary/aromatic N) is 2. The number of hydrogen-bond acceptors (Lipinski definition) is 4. The van der Waals surface area contributed by atoms with Crippen LogP contribution in [-0.2, 0) is 0 Å². The summed E-state index contributed by atoms with van der Waals surface area (Å²) in [7, 11) is 0. The molecule has 2 aromatic heterocycles. The maximum absolute atomic E-state index is 4.46. The van der Waals surface area contributed by atoms with E-state index in [2.05, 4.69) is 107 Å². The summed E-state index contributed by atoms with van der Waals surface area (Å²) in [5.74, 6) is 0. The summed E-state index contributed by atoms with van der Waals surface area (Å²) < 4.78 is 0. The number of thiazole rings is 2. The third-order valence-corrected chi connectivity index (χ3v) is 9.06. The van der Waals surface area contributed by atoms with Crippen molar-refractivity contribution in [3.05, 3.63) is 120 Å². The molecule has 6 aromatic carbocycles.